The summed E-state index contributed by atoms with van der Waals surface area (Å²) in [4.78, 5) is 7.25. The van der Waals surface area contributed by atoms with Crippen molar-refractivity contribution in [1.29, 1.82) is 0 Å². The molecule has 1 aliphatic rings. The molecule has 3 aromatic rings. The highest BCUT2D eigenvalue weighted by atomic mass is 16.4. The number of fused-ring (bicyclic) bond motifs is 1. The molecule has 0 radical (unpaired) electrons. The predicted octanol–water partition coefficient (Wildman–Crippen LogP) is 4.34. The maximum atomic E-state index is 5.94. The summed E-state index contributed by atoms with van der Waals surface area (Å²) in [6, 6.07) is 13.0. The average molecular weight is 321 g/mol. The Bertz CT molecular complexity index is 861. The lowest BCUT2D eigenvalue weighted by atomic mass is 10.1. The number of aryl methyl sites for hydroxylation is 2. The molecule has 0 N–H and O–H groups in total. The molecule has 1 aliphatic heterocycles. The molecular formula is C20H23N3O. The molecular weight excluding hydrogens is 298 g/mol. The zero-order valence-corrected chi connectivity index (χ0v) is 14.5. The maximum absolute atomic E-state index is 5.94. The van der Waals surface area contributed by atoms with Gasteiger partial charge in [-0.3, -0.25) is 4.90 Å². The molecule has 3 heterocycles. The summed E-state index contributed by atoms with van der Waals surface area (Å²) in [5, 5.41) is 0. The Morgan fingerprint density at radius 3 is 2.88 bits per heavy atom. The Hall–Kier alpha value is -2.33. The van der Waals surface area contributed by atoms with E-state index in [4.69, 9.17) is 9.40 Å². The second-order valence-electron chi connectivity index (χ2n) is 6.66. The van der Waals surface area contributed by atoms with Gasteiger partial charge in [0.25, 0.3) is 0 Å². The van der Waals surface area contributed by atoms with Crippen LogP contribution in [0.3, 0.4) is 0 Å². The van der Waals surface area contributed by atoms with Gasteiger partial charge in [0.15, 0.2) is 0 Å². The minimum Gasteiger partial charge on any atom is -0.441 e. The Labute approximate surface area is 142 Å². The van der Waals surface area contributed by atoms with Crippen molar-refractivity contribution in [2.24, 2.45) is 0 Å². The monoisotopic (exact) mass is 321 g/mol. The van der Waals surface area contributed by atoms with Gasteiger partial charge >= 0.3 is 0 Å². The second-order valence-corrected chi connectivity index (χ2v) is 6.66. The van der Waals surface area contributed by atoms with E-state index in [2.05, 4.69) is 59.8 Å². The van der Waals surface area contributed by atoms with Crippen molar-refractivity contribution < 1.29 is 4.42 Å². The molecule has 0 amide bonds. The van der Waals surface area contributed by atoms with Gasteiger partial charge in [-0.25, -0.2) is 4.98 Å². The molecule has 124 valence electrons. The quantitative estimate of drug-likeness (QED) is 0.720. The van der Waals surface area contributed by atoms with Crippen LogP contribution in [-0.4, -0.2) is 21.0 Å². The van der Waals surface area contributed by atoms with Crippen LogP contribution >= 0.6 is 0 Å². The lowest BCUT2D eigenvalue weighted by Crippen LogP contribution is -2.36. The van der Waals surface area contributed by atoms with Crippen LogP contribution in [0.25, 0.3) is 11.5 Å². The van der Waals surface area contributed by atoms with Crippen LogP contribution in [0.5, 0.6) is 0 Å². The van der Waals surface area contributed by atoms with Crippen LogP contribution in [0.4, 0.5) is 0 Å². The number of hydrogen-bond donors (Lipinski definition) is 0. The van der Waals surface area contributed by atoms with Gasteiger partial charge in [-0.1, -0.05) is 17.7 Å². The molecule has 0 aliphatic carbocycles. The fourth-order valence-electron chi connectivity index (χ4n) is 3.51. The van der Waals surface area contributed by atoms with Gasteiger partial charge in [0, 0.05) is 43.1 Å². The molecule has 0 saturated carbocycles. The Kier molecular flexibility index (Phi) is 3.77. The average Bonchev–Trinajstić information content (AvgIpc) is 3.18. The van der Waals surface area contributed by atoms with Gasteiger partial charge in [-0.15, -0.1) is 0 Å². The van der Waals surface area contributed by atoms with E-state index in [0.29, 0.717) is 6.04 Å². The summed E-state index contributed by atoms with van der Waals surface area (Å²) in [7, 11) is 0. The topological polar surface area (TPSA) is 34.2 Å². The van der Waals surface area contributed by atoms with Crippen molar-refractivity contribution in [3.8, 4) is 11.5 Å². The van der Waals surface area contributed by atoms with Crippen molar-refractivity contribution in [2.45, 2.75) is 39.9 Å². The molecule has 24 heavy (non-hydrogen) atoms. The van der Waals surface area contributed by atoms with Gasteiger partial charge in [-0.2, -0.15) is 0 Å². The normalized spacial score (nSPS) is 17.9. The summed E-state index contributed by atoms with van der Waals surface area (Å²) < 4.78 is 8.29. The number of hydrogen-bond acceptors (Lipinski definition) is 3. The number of aromatic nitrogens is 2. The van der Waals surface area contributed by atoms with E-state index >= 15 is 0 Å². The molecule has 4 heteroatoms. The molecule has 0 unspecified atom stereocenters. The highest BCUT2D eigenvalue weighted by Crippen LogP contribution is 2.29. The predicted molar refractivity (Wildman–Crippen MR) is 94.7 cm³/mol. The lowest BCUT2D eigenvalue weighted by Gasteiger charge is -2.34. The Morgan fingerprint density at radius 2 is 2.04 bits per heavy atom. The SMILES string of the molecule is Cc1cccc(-c2nc(CN3CCn4cccc4[C@@H]3C)c(C)o2)c1. The molecule has 4 rings (SSSR count). The minimum atomic E-state index is 0.396. The van der Waals surface area contributed by atoms with E-state index < -0.39 is 0 Å². The number of nitrogens with zero attached hydrogens (tertiary/aromatic N) is 3. The van der Waals surface area contributed by atoms with E-state index in [1.807, 2.05) is 13.0 Å². The number of benzene rings is 1. The van der Waals surface area contributed by atoms with E-state index in [1.54, 1.807) is 0 Å². The van der Waals surface area contributed by atoms with Crippen molar-refractivity contribution in [3.63, 3.8) is 0 Å². The van der Waals surface area contributed by atoms with Crippen LogP contribution in [0.2, 0.25) is 0 Å². The second kappa shape index (κ2) is 5.95. The van der Waals surface area contributed by atoms with Crippen molar-refractivity contribution in [1.82, 2.24) is 14.5 Å². The van der Waals surface area contributed by atoms with Gasteiger partial charge in [-0.05, 0) is 45.0 Å². The molecule has 0 saturated heterocycles. The molecule has 1 aromatic carbocycles. The fraction of sp³-hybridized carbons (Fsp3) is 0.350. The zero-order chi connectivity index (χ0) is 16.7. The first-order valence-electron chi connectivity index (χ1n) is 8.54. The zero-order valence-electron chi connectivity index (χ0n) is 14.5. The fourth-order valence-corrected chi connectivity index (χ4v) is 3.51. The Morgan fingerprint density at radius 1 is 1.17 bits per heavy atom. The van der Waals surface area contributed by atoms with Crippen molar-refractivity contribution >= 4 is 0 Å². The summed E-state index contributed by atoms with van der Waals surface area (Å²) in [5.41, 5.74) is 4.68. The first kappa shape index (κ1) is 15.2. The highest BCUT2D eigenvalue weighted by Gasteiger charge is 2.25. The van der Waals surface area contributed by atoms with Crippen LogP contribution in [0.15, 0.2) is 47.0 Å². The van der Waals surface area contributed by atoms with E-state index in [9.17, 15) is 0 Å². The van der Waals surface area contributed by atoms with Crippen LogP contribution in [0, 0.1) is 13.8 Å². The smallest absolute Gasteiger partial charge is 0.226 e. The van der Waals surface area contributed by atoms with Gasteiger partial charge < -0.3 is 8.98 Å². The van der Waals surface area contributed by atoms with Crippen LogP contribution in [0.1, 0.15) is 35.7 Å². The molecule has 0 bridgehead atoms. The van der Waals surface area contributed by atoms with Gasteiger partial charge in [0.05, 0.1) is 5.69 Å². The summed E-state index contributed by atoms with van der Waals surface area (Å²) in [6.07, 6.45) is 2.17. The summed E-state index contributed by atoms with van der Waals surface area (Å²) in [6.45, 7) is 9.27. The lowest BCUT2D eigenvalue weighted by molar-refractivity contribution is 0.158. The number of oxazole rings is 1. The molecule has 4 nitrogen and oxygen atoms in total. The third-order valence-electron chi connectivity index (χ3n) is 4.98. The van der Waals surface area contributed by atoms with Gasteiger partial charge in [0.2, 0.25) is 5.89 Å². The molecule has 0 fully saturated rings. The van der Waals surface area contributed by atoms with Crippen molar-refractivity contribution in [2.75, 3.05) is 6.54 Å². The summed E-state index contributed by atoms with van der Waals surface area (Å²) in [5.74, 6) is 1.64. The Balaban J connectivity index is 1.58. The standard InChI is InChI=1S/C20H23N3O/c1-14-6-4-7-17(12-14)20-21-18(16(3)24-20)13-23-11-10-22-9-5-8-19(22)15(23)2/h4-9,12,15H,10-11,13H2,1-3H3/t15-/m0/s1. The molecule has 0 spiro atoms. The van der Waals surface area contributed by atoms with Crippen LogP contribution < -0.4 is 0 Å². The largest absolute Gasteiger partial charge is 0.441 e. The van der Waals surface area contributed by atoms with Crippen LogP contribution in [-0.2, 0) is 13.1 Å². The number of rotatable bonds is 3. The highest BCUT2D eigenvalue weighted by molar-refractivity contribution is 5.54. The first-order chi connectivity index (χ1) is 11.6. The first-order valence-corrected chi connectivity index (χ1v) is 8.54. The van der Waals surface area contributed by atoms with Crippen molar-refractivity contribution in [3.05, 3.63) is 65.3 Å². The minimum absolute atomic E-state index is 0.396. The van der Waals surface area contributed by atoms with E-state index in [-0.39, 0.29) is 0 Å². The van der Waals surface area contributed by atoms with E-state index in [1.165, 1.54) is 11.3 Å². The van der Waals surface area contributed by atoms with Gasteiger partial charge in [0.1, 0.15) is 5.76 Å². The molecule has 2 aromatic heterocycles. The summed E-state index contributed by atoms with van der Waals surface area (Å²) >= 11 is 0. The third kappa shape index (κ3) is 2.67. The van der Waals surface area contributed by atoms with E-state index in [0.717, 1.165) is 42.5 Å². The maximum Gasteiger partial charge on any atom is 0.226 e. The molecule has 1 atom stereocenters. The third-order valence-corrected chi connectivity index (χ3v) is 4.98.